The van der Waals surface area contributed by atoms with E-state index < -0.39 is 6.61 Å². The molecule has 0 aliphatic carbocycles. The van der Waals surface area contributed by atoms with Crippen LogP contribution in [0.2, 0.25) is 5.02 Å². The maximum atomic E-state index is 12.3. The van der Waals surface area contributed by atoms with Crippen LogP contribution < -0.4 is 10.1 Å². The zero-order chi connectivity index (χ0) is 17.7. The molecule has 0 spiro atoms. The van der Waals surface area contributed by atoms with Gasteiger partial charge in [0.15, 0.2) is 0 Å². The number of urea groups is 1. The molecule has 1 N–H and O–H groups in total. The number of carbonyl (C=O) groups excluding carboxylic acids is 1. The molecule has 128 valence electrons. The minimum Gasteiger partial charge on any atom is -0.435 e. The Bertz CT molecular complexity index is 678. The molecule has 2 rings (SSSR count). The standard InChI is InChI=1S/C17H17ClF2N2O2/c1-11(12-3-5-13(18)6-4-12)22(2)17(23)21-14-7-9-15(10-8-14)24-16(19)20/h3-11,16H,1-2H3,(H,21,23)/t11-/m0/s1. The third-order valence-corrected chi connectivity index (χ3v) is 3.84. The first-order chi connectivity index (χ1) is 11.4. The Morgan fingerprint density at radius 2 is 1.71 bits per heavy atom. The van der Waals surface area contributed by atoms with Gasteiger partial charge in [0.25, 0.3) is 0 Å². The summed E-state index contributed by atoms with van der Waals surface area (Å²) in [4.78, 5) is 13.8. The molecule has 0 fully saturated rings. The zero-order valence-electron chi connectivity index (χ0n) is 13.2. The van der Waals surface area contributed by atoms with E-state index in [4.69, 9.17) is 11.6 Å². The van der Waals surface area contributed by atoms with Gasteiger partial charge in [0.1, 0.15) is 5.75 Å². The Kier molecular flexibility index (Phi) is 5.98. The number of benzene rings is 2. The Hall–Kier alpha value is -2.34. The maximum absolute atomic E-state index is 12.3. The largest absolute Gasteiger partial charge is 0.435 e. The predicted octanol–water partition coefficient (Wildman–Crippen LogP) is 5.17. The van der Waals surface area contributed by atoms with Crippen molar-refractivity contribution in [3.05, 3.63) is 59.1 Å². The molecule has 0 saturated carbocycles. The lowest BCUT2D eigenvalue weighted by Gasteiger charge is -2.25. The van der Waals surface area contributed by atoms with Crippen molar-refractivity contribution >= 4 is 23.3 Å². The molecular formula is C17H17ClF2N2O2. The molecule has 0 bridgehead atoms. The summed E-state index contributed by atoms with van der Waals surface area (Å²) in [7, 11) is 1.67. The molecule has 0 radical (unpaired) electrons. The van der Waals surface area contributed by atoms with Crippen LogP contribution in [0.15, 0.2) is 48.5 Å². The van der Waals surface area contributed by atoms with Gasteiger partial charge in [-0.3, -0.25) is 0 Å². The smallest absolute Gasteiger partial charge is 0.387 e. The molecule has 0 saturated heterocycles. The molecule has 0 aliphatic rings. The fraction of sp³-hybridized carbons (Fsp3) is 0.235. The summed E-state index contributed by atoms with van der Waals surface area (Å²) < 4.78 is 28.5. The summed E-state index contributed by atoms with van der Waals surface area (Å²) in [6.07, 6.45) is 0. The molecule has 24 heavy (non-hydrogen) atoms. The van der Waals surface area contributed by atoms with E-state index >= 15 is 0 Å². The fourth-order valence-corrected chi connectivity index (χ4v) is 2.20. The van der Waals surface area contributed by atoms with E-state index in [-0.39, 0.29) is 17.8 Å². The highest BCUT2D eigenvalue weighted by Crippen LogP contribution is 2.22. The quantitative estimate of drug-likeness (QED) is 0.805. The highest BCUT2D eigenvalue weighted by Gasteiger charge is 2.17. The summed E-state index contributed by atoms with van der Waals surface area (Å²) in [5.41, 5.74) is 1.43. The van der Waals surface area contributed by atoms with Gasteiger partial charge in [-0.1, -0.05) is 23.7 Å². The van der Waals surface area contributed by atoms with Crippen LogP contribution in [0.4, 0.5) is 19.3 Å². The Morgan fingerprint density at radius 1 is 1.12 bits per heavy atom. The van der Waals surface area contributed by atoms with Crippen molar-refractivity contribution in [2.45, 2.75) is 19.6 Å². The zero-order valence-corrected chi connectivity index (χ0v) is 13.9. The van der Waals surface area contributed by atoms with Crippen LogP contribution in [-0.4, -0.2) is 24.6 Å². The minimum atomic E-state index is -2.88. The number of rotatable bonds is 5. The Balaban J connectivity index is 1.99. The van der Waals surface area contributed by atoms with Crippen LogP contribution in [-0.2, 0) is 0 Å². The molecule has 0 aromatic heterocycles. The predicted molar refractivity (Wildman–Crippen MR) is 89.7 cm³/mol. The molecule has 2 aromatic rings. The number of nitrogens with zero attached hydrogens (tertiary/aromatic N) is 1. The number of hydrogen-bond donors (Lipinski definition) is 1. The van der Waals surface area contributed by atoms with E-state index in [2.05, 4.69) is 10.1 Å². The monoisotopic (exact) mass is 354 g/mol. The van der Waals surface area contributed by atoms with E-state index in [0.717, 1.165) is 5.56 Å². The highest BCUT2D eigenvalue weighted by molar-refractivity contribution is 6.30. The van der Waals surface area contributed by atoms with Gasteiger partial charge in [0.05, 0.1) is 6.04 Å². The topological polar surface area (TPSA) is 41.6 Å². The van der Waals surface area contributed by atoms with Crippen molar-refractivity contribution in [3.8, 4) is 5.75 Å². The molecular weight excluding hydrogens is 338 g/mol. The number of hydrogen-bond acceptors (Lipinski definition) is 2. The third-order valence-electron chi connectivity index (χ3n) is 3.58. The number of nitrogens with one attached hydrogen (secondary N) is 1. The second kappa shape index (κ2) is 7.97. The lowest BCUT2D eigenvalue weighted by atomic mass is 10.1. The molecule has 0 aliphatic heterocycles. The second-order valence-electron chi connectivity index (χ2n) is 5.17. The lowest BCUT2D eigenvalue weighted by molar-refractivity contribution is -0.0498. The van der Waals surface area contributed by atoms with Crippen molar-refractivity contribution in [1.82, 2.24) is 4.90 Å². The van der Waals surface area contributed by atoms with E-state index in [9.17, 15) is 13.6 Å². The summed E-state index contributed by atoms with van der Waals surface area (Å²) in [5, 5.41) is 3.33. The normalized spacial score (nSPS) is 11.9. The average molecular weight is 355 g/mol. The summed E-state index contributed by atoms with van der Waals surface area (Å²) >= 11 is 5.86. The second-order valence-corrected chi connectivity index (χ2v) is 5.61. The van der Waals surface area contributed by atoms with E-state index in [1.165, 1.54) is 29.2 Å². The Morgan fingerprint density at radius 3 is 2.25 bits per heavy atom. The van der Waals surface area contributed by atoms with Gasteiger partial charge < -0.3 is 15.0 Å². The highest BCUT2D eigenvalue weighted by atomic mass is 35.5. The van der Waals surface area contributed by atoms with Crippen LogP contribution in [0.1, 0.15) is 18.5 Å². The molecule has 0 heterocycles. The first-order valence-electron chi connectivity index (χ1n) is 7.21. The molecule has 7 heteroatoms. The summed E-state index contributed by atoms with van der Waals surface area (Å²) in [5.74, 6) is 0.0332. The lowest BCUT2D eigenvalue weighted by Crippen LogP contribution is -2.33. The van der Waals surface area contributed by atoms with Crippen molar-refractivity contribution in [3.63, 3.8) is 0 Å². The SMILES string of the molecule is C[C@@H](c1ccc(Cl)cc1)N(C)C(=O)Nc1ccc(OC(F)F)cc1. The number of anilines is 1. The minimum absolute atomic E-state index is 0.0332. The first-order valence-corrected chi connectivity index (χ1v) is 7.59. The van der Waals surface area contributed by atoms with Gasteiger partial charge in [-0.05, 0) is 48.9 Å². The first kappa shape index (κ1) is 18.0. The van der Waals surface area contributed by atoms with Crippen molar-refractivity contribution in [1.29, 1.82) is 0 Å². The number of amides is 2. The number of ether oxygens (including phenoxy) is 1. The van der Waals surface area contributed by atoms with Crippen LogP contribution in [0.3, 0.4) is 0 Å². The number of halogens is 3. The van der Waals surface area contributed by atoms with E-state index in [1.54, 1.807) is 19.2 Å². The van der Waals surface area contributed by atoms with Crippen LogP contribution in [0, 0.1) is 0 Å². The van der Waals surface area contributed by atoms with Gasteiger partial charge in [0.2, 0.25) is 0 Å². The van der Waals surface area contributed by atoms with E-state index in [1.807, 2.05) is 19.1 Å². The number of carbonyl (C=O) groups is 1. The van der Waals surface area contributed by atoms with Crippen LogP contribution in [0.5, 0.6) is 5.75 Å². The molecule has 2 amide bonds. The van der Waals surface area contributed by atoms with Crippen molar-refractivity contribution < 1.29 is 18.3 Å². The van der Waals surface area contributed by atoms with Gasteiger partial charge >= 0.3 is 12.6 Å². The van der Waals surface area contributed by atoms with Crippen LogP contribution in [0.25, 0.3) is 0 Å². The third kappa shape index (κ3) is 4.83. The van der Waals surface area contributed by atoms with Crippen LogP contribution >= 0.6 is 11.6 Å². The molecule has 1 atom stereocenters. The summed E-state index contributed by atoms with van der Waals surface area (Å²) in [6.45, 7) is -0.987. The van der Waals surface area contributed by atoms with Gasteiger partial charge in [-0.25, -0.2) is 4.79 Å². The average Bonchev–Trinajstić information content (AvgIpc) is 2.55. The van der Waals surface area contributed by atoms with Gasteiger partial charge in [-0.2, -0.15) is 8.78 Å². The fourth-order valence-electron chi connectivity index (χ4n) is 2.07. The maximum Gasteiger partial charge on any atom is 0.387 e. The summed E-state index contributed by atoms with van der Waals surface area (Å²) in [6, 6.07) is 12.5. The van der Waals surface area contributed by atoms with Crippen molar-refractivity contribution in [2.24, 2.45) is 0 Å². The molecule has 0 unspecified atom stereocenters. The molecule has 2 aromatic carbocycles. The molecule has 4 nitrogen and oxygen atoms in total. The van der Waals surface area contributed by atoms with E-state index in [0.29, 0.717) is 10.7 Å². The van der Waals surface area contributed by atoms with Gasteiger partial charge in [0, 0.05) is 17.8 Å². The Labute approximate surface area is 144 Å². The van der Waals surface area contributed by atoms with Gasteiger partial charge in [-0.15, -0.1) is 0 Å². The van der Waals surface area contributed by atoms with Crippen molar-refractivity contribution in [2.75, 3.05) is 12.4 Å². The number of alkyl halides is 2.